The highest BCUT2D eigenvalue weighted by Crippen LogP contribution is 2.16. The van der Waals surface area contributed by atoms with Crippen LogP contribution in [0.15, 0.2) is 12.1 Å². The van der Waals surface area contributed by atoms with Gasteiger partial charge in [0.05, 0.1) is 17.4 Å². The van der Waals surface area contributed by atoms with E-state index in [4.69, 9.17) is 9.84 Å². The van der Waals surface area contributed by atoms with Crippen LogP contribution in [0.2, 0.25) is 0 Å². The van der Waals surface area contributed by atoms with E-state index in [9.17, 15) is 4.79 Å². The second-order valence-electron chi connectivity index (χ2n) is 4.87. The number of aromatic nitrogens is 1. The van der Waals surface area contributed by atoms with Crippen molar-refractivity contribution in [2.24, 2.45) is 0 Å². The highest BCUT2D eigenvalue weighted by molar-refractivity contribution is 5.88. The number of ether oxygens (including phenoxy) is 1. The highest BCUT2D eigenvalue weighted by Gasteiger charge is 2.11. The second-order valence-corrected chi connectivity index (χ2v) is 4.87. The summed E-state index contributed by atoms with van der Waals surface area (Å²) >= 11 is 0. The monoisotopic (exact) mass is 265 g/mol. The lowest BCUT2D eigenvalue weighted by Crippen LogP contribution is -2.13. The van der Waals surface area contributed by atoms with Crippen LogP contribution in [-0.2, 0) is 0 Å². The van der Waals surface area contributed by atoms with Crippen LogP contribution in [0, 0.1) is 6.92 Å². The number of rotatable bonds is 8. The van der Waals surface area contributed by atoms with Crippen LogP contribution in [0.4, 0.5) is 0 Å². The van der Waals surface area contributed by atoms with Gasteiger partial charge in [-0.15, -0.1) is 0 Å². The molecule has 0 aliphatic heterocycles. The standard InChI is InChI=1S/C15H23NO3/c1-4-5-6-7-8-11(2)19-14-10-9-13(15(17)18)12(3)16-14/h9-11H,4-8H2,1-3H3,(H,17,18). The first-order valence-corrected chi connectivity index (χ1v) is 6.92. The molecule has 0 saturated heterocycles. The molecule has 0 aliphatic rings. The van der Waals surface area contributed by atoms with E-state index >= 15 is 0 Å². The Balaban J connectivity index is 2.48. The maximum Gasteiger partial charge on any atom is 0.337 e. The first-order valence-electron chi connectivity index (χ1n) is 6.92. The molecule has 19 heavy (non-hydrogen) atoms. The zero-order chi connectivity index (χ0) is 14.3. The summed E-state index contributed by atoms with van der Waals surface area (Å²) < 4.78 is 5.71. The van der Waals surface area contributed by atoms with Crippen LogP contribution in [0.1, 0.15) is 62.0 Å². The third-order valence-corrected chi connectivity index (χ3v) is 3.08. The van der Waals surface area contributed by atoms with Crippen molar-refractivity contribution >= 4 is 5.97 Å². The van der Waals surface area contributed by atoms with E-state index in [1.165, 1.54) is 19.3 Å². The topological polar surface area (TPSA) is 59.4 Å². The number of pyridine rings is 1. The maximum atomic E-state index is 10.9. The summed E-state index contributed by atoms with van der Waals surface area (Å²) in [6, 6.07) is 3.17. The molecule has 0 saturated carbocycles. The Morgan fingerprint density at radius 1 is 1.37 bits per heavy atom. The molecule has 0 fully saturated rings. The van der Waals surface area contributed by atoms with Gasteiger partial charge in [0, 0.05) is 6.07 Å². The molecule has 0 aromatic carbocycles. The summed E-state index contributed by atoms with van der Waals surface area (Å²) in [4.78, 5) is 15.1. The molecule has 1 atom stereocenters. The Morgan fingerprint density at radius 2 is 2.11 bits per heavy atom. The van der Waals surface area contributed by atoms with Gasteiger partial charge in [-0.05, 0) is 32.8 Å². The van der Waals surface area contributed by atoms with E-state index < -0.39 is 5.97 Å². The van der Waals surface area contributed by atoms with E-state index in [0.717, 1.165) is 12.8 Å². The number of unbranched alkanes of at least 4 members (excludes halogenated alkanes) is 3. The van der Waals surface area contributed by atoms with Crippen molar-refractivity contribution in [1.29, 1.82) is 0 Å². The second kappa shape index (κ2) is 7.77. The van der Waals surface area contributed by atoms with Crippen LogP contribution in [0.3, 0.4) is 0 Å². The average Bonchev–Trinajstić information content (AvgIpc) is 2.34. The predicted octanol–water partition coefficient (Wildman–Crippen LogP) is 3.83. The van der Waals surface area contributed by atoms with Crippen LogP contribution < -0.4 is 4.74 Å². The van der Waals surface area contributed by atoms with Gasteiger partial charge in [-0.3, -0.25) is 0 Å². The summed E-state index contributed by atoms with van der Waals surface area (Å²) in [6.45, 7) is 5.90. The van der Waals surface area contributed by atoms with Gasteiger partial charge in [-0.1, -0.05) is 26.2 Å². The van der Waals surface area contributed by atoms with Gasteiger partial charge in [-0.2, -0.15) is 0 Å². The molecule has 1 aromatic heterocycles. The van der Waals surface area contributed by atoms with Gasteiger partial charge in [-0.25, -0.2) is 9.78 Å². The van der Waals surface area contributed by atoms with E-state index in [-0.39, 0.29) is 11.7 Å². The van der Waals surface area contributed by atoms with Crippen LogP contribution in [0.25, 0.3) is 0 Å². The zero-order valence-electron chi connectivity index (χ0n) is 12.0. The normalized spacial score (nSPS) is 12.2. The Hall–Kier alpha value is -1.58. The lowest BCUT2D eigenvalue weighted by molar-refractivity contribution is 0.0695. The molecule has 0 radical (unpaired) electrons. The quantitative estimate of drug-likeness (QED) is 0.726. The number of carboxylic acids is 1. The van der Waals surface area contributed by atoms with E-state index in [1.54, 1.807) is 19.1 Å². The molecule has 4 nitrogen and oxygen atoms in total. The van der Waals surface area contributed by atoms with Crippen molar-refractivity contribution in [2.75, 3.05) is 0 Å². The summed E-state index contributed by atoms with van der Waals surface area (Å²) in [7, 11) is 0. The molecule has 1 unspecified atom stereocenters. The van der Waals surface area contributed by atoms with Gasteiger partial charge in [0.15, 0.2) is 0 Å². The maximum absolute atomic E-state index is 10.9. The molecule has 1 heterocycles. The van der Waals surface area contributed by atoms with Crippen LogP contribution in [-0.4, -0.2) is 22.2 Å². The first kappa shape index (κ1) is 15.5. The van der Waals surface area contributed by atoms with Crippen molar-refractivity contribution in [2.45, 2.75) is 59.0 Å². The molecular formula is C15H23NO3. The summed E-state index contributed by atoms with van der Waals surface area (Å²) in [5.41, 5.74) is 0.714. The minimum Gasteiger partial charge on any atom is -0.478 e. The molecule has 106 valence electrons. The molecule has 0 aliphatic carbocycles. The smallest absolute Gasteiger partial charge is 0.337 e. The molecule has 0 bridgehead atoms. The molecule has 0 amide bonds. The van der Waals surface area contributed by atoms with Crippen LogP contribution in [0.5, 0.6) is 5.88 Å². The number of hydrogen-bond acceptors (Lipinski definition) is 3. The minimum atomic E-state index is -0.954. The molecule has 1 aromatic rings. The number of hydrogen-bond donors (Lipinski definition) is 1. The van der Waals surface area contributed by atoms with E-state index in [0.29, 0.717) is 11.6 Å². The fraction of sp³-hybridized carbons (Fsp3) is 0.600. The van der Waals surface area contributed by atoms with E-state index in [1.807, 2.05) is 6.92 Å². The fourth-order valence-electron chi connectivity index (χ4n) is 1.95. The summed E-state index contributed by atoms with van der Waals surface area (Å²) in [5.74, 6) is -0.449. The Kier molecular flexibility index (Phi) is 6.33. The first-order chi connectivity index (χ1) is 9.04. The highest BCUT2D eigenvalue weighted by atomic mass is 16.5. The minimum absolute atomic E-state index is 0.111. The Morgan fingerprint density at radius 3 is 2.68 bits per heavy atom. The Bertz CT molecular complexity index is 418. The number of aromatic carboxylic acids is 1. The molecular weight excluding hydrogens is 242 g/mol. The van der Waals surface area contributed by atoms with Gasteiger partial charge in [0.1, 0.15) is 0 Å². The molecule has 4 heteroatoms. The largest absolute Gasteiger partial charge is 0.478 e. The van der Waals surface area contributed by atoms with Gasteiger partial charge in [0.25, 0.3) is 0 Å². The lowest BCUT2D eigenvalue weighted by Gasteiger charge is -2.14. The third-order valence-electron chi connectivity index (χ3n) is 3.08. The average molecular weight is 265 g/mol. The van der Waals surface area contributed by atoms with Crippen LogP contribution >= 0.6 is 0 Å². The summed E-state index contributed by atoms with van der Waals surface area (Å²) in [6.07, 6.45) is 5.99. The number of aryl methyl sites for hydroxylation is 1. The van der Waals surface area contributed by atoms with Crippen molar-refractivity contribution < 1.29 is 14.6 Å². The SMILES string of the molecule is CCCCCCC(C)Oc1ccc(C(=O)O)c(C)n1. The van der Waals surface area contributed by atoms with E-state index in [2.05, 4.69) is 11.9 Å². The predicted molar refractivity (Wildman–Crippen MR) is 74.8 cm³/mol. The number of carbonyl (C=O) groups is 1. The van der Waals surface area contributed by atoms with Gasteiger partial charge in [0.2, 0.25) is 5.88 Å². The van der Waals surface area contributed by atoms with Gasteiger partial charge < -0.3 is 9.84 Å². The molecule has 1 N–H and O–H groups in total. The number of carboxylic acid groups (broad SMARTS) is 1. The van der Waals surface area contributed by atoms with Crippen molar-refractivity contribution in [3.8, 4) is 5.88 Å². The van der Waals surface area contributed by atoms with Crippen molar-refractivity contribution in [3.63, 3.8) is 0 Å². The molecule has 0 spiro atoms. The van der Waals surface area contributed by atoms with Gasteiger partial charge >= 0.3 is 5.97 Å². The number of nitrogens with zero attached hydrogens (tertiary/aromatic N) is 1. The fourth-order valence-corrected chi connectivity index (χ4v) is 1.95. The third kappa shape index (κ3) is 5.28. The Labute approximate surface area is 114 Å². The zero-order valence-corrected chi connectivity index (χ0v) is 12.0. The molecule has 1 rings (SSSR count). The summed E-state index contributed by atoms with van der Waals surface area (Å²) in [5, 5.41) is 8.92. The van der Waals surface area contributed by atoms with Crippen molar-refractivity contribution in [1.82, 2.24) is 4.98 Å². The lowest BCUT2D eigenvalue weighted by atomic mass is 10.1. The van der Waals surface area contributed by atoms with Crippen molar-refractivity contribution in [3.05, 3.63) is 23.4 Å².